The quantitative estimate of drug-likeness (QED) is 0.563. The maximum absolute atomic E-state index is 12.7. The molecule has 0 aliphatic carbocycles. The number of amides is 1. The number of carbonyl (C=O) groups excluding carboxylic acids is 1. The van der Waals surface area contributed by atoms with Crippen molar-refractivity contribution >= 4 is 17.6 Å². The molecule has 1 aliphatic heterocycles. The van der Waals surface area contributed by atoms with Crippen LogP contribution in [0.25, 0.3) is 5.69 Å². The van der Waals surface area contributed by atoms with Crippen molar-refractivity contribution < 1.29 is 33.6 Å². The van der Waals surface area contributed by atoms with Gasteiger partial charge in [-0.15, -0.1) is 0 Å². The van der Waals surface area contributed by atoms with Gasteiger partial charge in [-0.2, -0.15) is 0 Å². The number of aromatic carboxylic acids is 1. The molecule has 2 N–H and O–H groups in total. The molecule has 0 unspecified atom stereocenters. The average molecular weight is 452 g/mol. The van der Waals surface area contributed by atoms with Gasteiger partial charge in [-0.3, -0.25) is 4.79 Å². The molecule has 1 aromatic heterocycles. The van der Waals surface area contributed by atoms with Gasteiger partial charge in [0.2, 0.25) is 5.91 Å². The summed E-state index contributed by atoms with van der Waals surface area (Å²) in [5.41, 5.74) is 2.29. The first-order chi connectivity index (χ1) is 15.9. The Morgan fingerprint density at radius 1 is 0.970 bits per heavy atom. The second-order valence-electron chi connectivity index (χ2n) is 7.43. The molecule has 4 rings (SSSR count). The summed E-state index contributed by atoms with van der Waals surface area (Å²) in [6.07, 6.45) is 1.61. The van der Waals surface area contributed by atoms with E-state index in [1.54, 1.807) is 35.9 Å². The lowest BCUT2D eigenvalue weighted by atomic mass is 9.87. The molecule has 0 saturated heterocycles. The van der Waals surface area contributed by atoms with Crippen LogP contribution >= 0.6 is 0 Å². The lowest BCUT2D eigenvalue weighted by Gasteiger charge is -2.28. The van der Waals surface area contributed by atoms with E-state index in [1.165, 1.54) is 27.5 Å². The van der Waals surface area contributed by atoms with Gasteiger partial charge in [0.1, 0.15) is 17.1 Å². The van der Waals surface area contributed by atoms with E-state index in [0.717, 1.165) is 5.69 Å². The number of carboxylic acids is 1. The number of carboxylic acid groups (broad SMARTS) is 1. The smallest absolute Gasteiger partial charge is 0.339 e. The van der Waals surface area contributed by atoms with Crippen LogP contribution in [0.1, 0.15) is 34.0 Å². The Kier molecular flexibility index (Phi) is 5.87. The first-order valence-corrected chi connectivity index (χ1v) is 10.1. The van der Waals surface area contributed by atoms with Gasteiger partial charge in [0, 0.05) is 35.9 Å². The second-order valence-corrected chi connectivity index (χ2v) is 7.43. The van der Waals surface area contributed by atoms with Gasteiger partial charge in [0.05, 0.1) is 39.8 Å². The number of nitrogens with zero attached hydrogens (tertiary/aromatic N) is 1. The molecule has 1 atom stereocenters. The molecule has 0 bridgehead atoms. The Morgan fingerprint density at radius 2 is 1.61 bits per heavy atom. The highest BCUT2D eigenvalue weighted by molar-refractivity contribution is 6.04. The zero-order chi connectivity index (χ0) is 23.7. The van der Waals surface area contributed by atoms with Gasteiger partial charge < -0.3 is 33.9 Å². The number of ether oxygens (including phenoxy) is 4. The summed E-state index contributed by atoms with van der Waals surface area (Å²) in [7, 11) is 6.15. The summed E-state index contributed by atoms with van der Waals surface area (Å²) in [5, 5.41) is 12.6. The minimum absolute atomic E-state index is 0.00156. The van der Waals surface area contributed by atoms with E-state index in [-0.39, 0.29) is 23.6 Å². The Balaban J connectivity index is 1.98. The molecule has 0 saturated carbocycles. The molecule has 33 heavy (non-hydrogen) atoms. The molecule has 0 fully saturated rings. The molecule has 1 amide bonds. The predicted molar refractivity (Wildman–Crippen MR) is 120 cm³/mol. The number of fused-ring (bicyclic) bond motifs is 1. The van der Waals surface area contributed by atoms with E-state index in [4.69, 9.17) is 18.9 Å². The van der Waals surface area contributed by atoms with E-state index < -0.39 is 11.9 Å². The summed E-state index contributed by atoms with van der Waals surface area (Å²) in [4.78, 5) is 24.7. The Labute approximate surface area is 190 Å². The Morgan fingerprint density at radius 3 is 2.18 bits per heavy atom. The third-order valence-corrected chi connectivity index (χ3v) is 5.72. The molecule has 2 heterocycles. The van der Waals surface area contributed by atoms with E-state index in [2.05, 4.69) is 5.32 Å². The third-order valence-electron chi connectivity index (χ3n) is 5.72. The highest BCUT2D eigenvalue weighted by atomic mass is 16.5. The van der Waals surface area contributed by atoms with Crippen LogP contribution in [0.2, 0.25) is 0 Å². The summed E-state index contributed by atoms with van der Waals surface area (Å²) in [6, 6.07) is 10.7. The van der Waals surface area contributed by atoms with Crippen molar-refractivity contribution in [2.45, 2.75) is 12.3 Å². The zero-order valence-corrected chi connectivity index (χ0v) is 18.7. The van der Waals surface area contributed by atoms with Crippen molar-refractivity contribution in [3.05, 3.63) is 59.4 Å². The van der Waals surface area contributed by atoms with Crippen molar-refractivity contribution in [1.82, 2.24) is 4.57 Å². The van der Waals surface area contributed by atoms with Crippen molar-refractivity contribution in [3.63, 3.8) is 0 Å². The first-order valence-electron chi connectivity index (χ1n) is 10.1. The summed E-state index contributed by atoms with van der Waals surface area (Å²) < 4.78 is 23.5. The summed E-state index contributed by atoms with van der Waals surface area (Å²) >= 11 is 0. The minimum atomic E-state index is -1.14. The molecule has 1 aliphatic rings. The average Bonchev–Trinajstić information content (AvgIpc) is 3.22. The van der Waals surface area contributed by atoms with Crippen LogP contribution in [-0.2, 0) is 4.79 Å². The van der Waals surface area contributed by atoms with Crippen LogP contribution in [0, 0.1) is 0 Å². The molecule has 172 valence electrons. The molecular weight excluding hydrogens is 428 g/mol. The van der Waals surface area contributed by atoms with E-state index >= 15 is 0 Å². The van der Waals surface area contributed by atoms with Crippen molar-refractivity contribution in [3.8, 4) is 28.7 Å². The Bertz CT molecular complexity index is 1210. The maximum atomic E-state index is 12.7. The van der Waals surface area contributed by atoms with E-state index in [0.29, 0.717) is 34.3 Å². The number of methoxy groups -OCH3 is 4. The van der Waals surface area contributed by atoms with Crippen molar-refractivity contribution in [1.29, 1.82) is 0 Å². The Hall–Kier alpha value is -4.14. The summed E-state index contributed by atoms with van der Waals surface area (Å²) in [6.45, 7) is 0. The van der Waals surface area contributed by atoms with Crippen molar-refractivity contribution in [2.24, 2.45) is 0 Å². The molecular formula is C24H24N2O7. The largest absolute Gasteiger partial charge is 0.497 e. The topological polar surface area (TPSA) is 108 Å². The zero-order valence-electron chi connectivity index (χ0n) is 18.7. The molecule has 9 heteroatoms. The van der Waals surface area contributed by atoms with Crippen molar-refractivity contribution in [2.75, 3.05) is 33.8 Å². The van der Waals surface area contributed by atoms with Crippen LogP contribution in [0.3, 0.4) is 0 Å². The van der Waals surface area contributed by atoms with Crippen LogP contribution in [0.5, 0.6) is 23.0 Å². The highest BCUT2D eigenvalue weighted by Gasteiger charge is 2.36. The predicted octanol–water partition coefficient (Wildman–Crippen LogP) is 3.68. The van der Waals surface area contributed by atoms with Crippen LogP contribution in [-0.4, -0.2) is 50.0 Å². The molecule has 2 aromatic carbocycles. The number of aromatic nitrogens is 1. The molecule has 3 aromatic rings. The SMILES string of the molecule is COc1ccc(-n2cc(C(=O)O)c3c2[C@@H](c2cc(OC)c(OC)cc2OC)CC(=O)N3)cc1. The normalized spacial score (nSPS) is 14.8. The lowest BCUT2D eigenvalue weighted by Crippen LogP contribution is -2.26. The van der Waals surface area contributed by atoms with Gasteiger partial charge in [-0.1, -0.05) is 0 Å². The third kappa shape index (κ3) is 3.82. The standard InChI is InChI=1S/C24H24N2O7/c1-30-14-7-5-13(6-8-14)26-12-17(24(28)29)22-23(26)16(10-21(27)25-22)15-9-19(32-3)20(33-4)11-18(15)31-2/h5-9,11-12,16H,10H2,1-4H3,(H,25,27)(H,28,29)/t16-/m1/s1. The lowest BCUT2D eigenvalue weighted by molar-refractivity contribution is -0.116. The summed E-state index contributed by atoms with van der Waals surface area (Å²) in [5.74, 6) is 0.191. The van der Waals surface area contributed by atoms with E-state index in [1.807, 2.05) is 12.1 Å². The van der Waals surface area contributed by atoms with Crippen LogP contribution in [0.4, 0.5) is 5.69 Å². The number of benzene rings is 2. The van der Waals surface area contributed by atoms with Crippen LogP contribution < -0.4 is 24.3 Å². The fourth-order valence-electron chi connectivity index (χ4n) is 4.17. The van der Waals surface area contributed by atoms with Gasteiger partial charge in [-0.05, 0) is 30.3 Å². The maximum Gasteiger partial charge on any atom is 0.339 e. The van der Waals surface area contributed by atoms with Crippen LogP contribution in [0.15, 0.2) is 42.6 Å². The van der Waals surface area contributed by atoms with Gasteiger partial charge >= 0.3 is 5.97 Å². The number of hydrogen-bond acceptors (Lipinski definition) is 6. The van der Waals surface area contributed by atoms with Gasteiger partial charge in [0.15, 0.2) is 11.5 Å². The molecule has 9 nitrogen and oxygen atoms in total. The number of nitrogens with one attached hydrogen (secondary N) is 1. The van der Waals surface area contributed by atoms with E-state index in [9.17, 15) is 14.7 Å². The highest BCUT2D eigenvalue weighted by Crippen LogP contribution is 2.47. The second kappa shape index (κ2) is 8.78. The number of carbonyl (C=O) groups is 2. The molecule has 0 radical (unpaired) electrons. The molecule has 0 spiro atoms. The van der Waals surface area contributed by atoms with Gasteiger partial charge in [0.25, 0.3) is 0 Å². The first kappa shape index (κ1) is 22.1. The van der Waals surface area contributed by atoms with Gasteiger partial charge in [-0.25, -0.2) is 4.79 Å². The fourth-order valence-corrected chi connectivity index (χ4v) is 4.17. The minimum Gasteiger partial charge on any atom is -0.497 e. The number of anilines is 1. The monoisotopic (exact) mass is 452 g/mol. The number of rotatable bonds is 7. The number of hydrogen-bond donors (Lipinski definition) is 2. The fraction of sp³-hybridized carbons (Fsp3) is 0.250.